The summed E-state index contributed by atoms with van der Waals surface area (Å²) >= 11 is 0. The summed E-state index contributed by atoms with van der Waals surface area (Å²) in [5, 5.41) is 5.72. The molecule has 0 aliphatic carbocycles. The molecule has 3 aromatic rings. The molecule has 0 saturated heterocycles. The Labute approximate surface area is 169 Å². The largest absolute Gasteiger partial charge is 0.348 e. The van der Waals surface area contributed by atoms with Crippen LogP contribution >= 0.6 is 0 Å². The van der Waals surface area contributed by atoms with Crippen molar-refractivity contribution in [1.29, 1.82) is 0 Å². The summed E-state index contributed by atoms with van der Waals surface area (Å²) in [6.07, 6.45) is 0. The van der Waals surface area contributed by atoms with Gasteiger partial charge in [0, 0.05) is 35.3 Å². The van der Waals surface area contributed by atoms with Gasteiger partial charge in [-0.1, -0.05) is 44.2 Å². The molecule has 0 unspecified atom stereocenters. The number of hydrogen-bond acceptors (Lipinski definition) is 3. The van der Waals surface area contributed by atoms with Gasteiger partial charge in [0.25, 0.3) is 11.8 Å². The van der Waals surface area contributed by atoms with Crippen LogP contribution < -0.4 is 10.6 Å². The number of aromatic nitrogens is 1. The molecule has 5 rings (SSSR count). The van der Waals surface area contributed by atoms with Crippen LogP contribution in [0.2, 0.25) is 0 Å². The predicted octanol–water partition coefficient (Wildman–Crippen LogP) is 4.03. The molecule has 0 saturated carbocycles. The number of amides is 2. The summed E-state index contributed by atoms with van der Waals surface area (Å²) in [4.78, 5) is 29.0. The quantitative estimate of drug-likeness (QED) is 0.717. The minimum Gasteiger partial charge on any atom is -0.348 e. The fraction of sp³-hybridized carbons (Fsp3) is 0.208. The van der Waals surface area contributed by atoms with Crippen LogP contribution in [0.25, 0.3) is 22.4 Å². The first-order chi connectivity index (χ1) is 14.0. The molecule has 3 heterocycles. The first-order valence-electron chi connectivity index (χ1n) is 9.85. The smallest absolute Gasteiger partial charge is 0.251 e. The lowest BCUT2D eigenvalue weighted by Gasteiger charge is -2.15. The van der Waals surface area contributed by atoms with Gasteiger partial charge in [-0.25, -0.2) is 0 Å². The summed E-state index contributed by atoms with van der Waals surface area (Å²) in [5.74, 6) is 0.165. The minimum absolute atomic E-state index is 0.0195. The van der Waals surface area contributed by atoms with Gasteiger partial charge in [0.2, 0.25) is 0 Å². The van der Waals surface area contributed by atoms with E-state index in [2.05, 4.69) is 36.6 Å². The van der Waals surface area contributed by atoms with E-state index in [1.54, 1.807) is 0 Å². The summed E-state index contributed by atoms with van der Waals surface area (Å²) < 4.78 is 0. The second-order valence-electron chi connectivity index (χ2n) is 7.89. The Morgan fingerprint density at radius 2 is 1.34 bits per heavy atom. The summed E-state index contributed by atoms with van der Waals surface area (Å²) in [5.41, 5.74) is 8.31. The SMILES string of the molecule is CC(C)c1nc(-c2ccc3c(c2)C(=O)NC3)ccc1-c1ccc2c(c1)C(=O)NC2. The van der Waals surface area contributed by atoms with Crippen LogP contribution in [0.15, 0.2) is 48.5 Å². The molecule has 0 atom stereocenters. The molecule has 5 nitrogen and oxygen atoms in total. The van der Waals surface area contributed by atoms with Gasteiger partial charge in [-0.15, -0.1) is 0 Å². The lowest BCUT2D eigenvalue weighted by Crippen LogP contribution is -2.12. The zero-order valence-electron chi connectivity index (χ0n) is 16.4. The van der Waals surface area contributed by atoms with E-state index in [1.807, 2.05) is 36.4 Å². The maximum atomic E-state index is 12.1. The molecular weight excluding hydrogens is 362 g/mol. The highest BCUT2D eigenvalue weighted by Crippen LogP contribution is 2.33. The molecule has 1 aromatic heterocycles. The number of pyridine rings is 1. The Morgan fingerprint density at radius 1 is 0.759 bits per heavy atom. The maximum absolute atomic E-state index is 12.1. The minimum atomic E-state index is -0.0287. The molecule has 0 spiro atoms. The number of benzene rings is 2. The van der Waals surface area contributed by atoms with Crippen molar-refractivity contribution in [2.24, 2.45) is 0 Å². The van der Waals surface area contributed by atoms with E-state index >= 15 is 0 Å². The van der Waals surface area contributed by atoms with Gasteiger partial charge in [0.15, 0.2) is 0 Å². The monoisotopic (exact) mass is 383 g/mol. The Balaban J connectivity index is 1.60. The molecule has 0 bridgehead atoms. The van der Waals surface area contributed by atoms with Crippen molar-refractivity contribution in [2.45, 2.75) is 32.9 Å². The van der Waals surface area contributed by atoms with Crippen molar-refractivity contribution >= 4 is 11.8 Å². The second kappa shape index (κ2) is 6.55. The molecule has 2 N–H and O–H groups in total. The van der Waals surface area contributed by atoms with Crippen LogP contribution in [-0.4, -0.2) is 16.8 Å². The van der Waals surface area contributed by atoms with Gasteiger partial charge in [0.1, 0.15) is 0 Å². The van der Waals surface area contributed by atoms with Gasteiger partial charge in [-0.2, -0.15) is 0 Å². The van der Waals surface area contributed by atoms with E-state index in [-0.39, 0.29) is 17.7 Å². The van der Waals surface area contributed by atoms with Crippen molar-refractivity contribution in [1.82, 2.24) is 15.6 Å². The summed E-state index contributed by atoms with van der Waals surface area (Å²) in [7, 11) is 0. The highest BCUT2D eigenvalue weighted by Gasteiger charge is 2.22. The van der Waals surface area contributed by atoms with Crippen LogP contribution in [0.3, 0.4) is 0 Å². The van der Waals surface area contributed by atoms with E-state index in [9.17, 15) is 9.59 Å². The second-order valence-corrected chi connectivity index (χ2v) is 7.89. The molecule has 29 heavy (non-hydrogen) atoms. The zero-order chi connectivity index (χ0) is 20.1. The van der Waals surface area contributed by atoms with Crippen LogP contribution in [0.5, 0.6) is 0 Å². The van der Waals surface area contributed by atoms with Gasteiger partial charge in [-0.3, -0.25) is 14.6 Å². The molecule has 2 aliphatic rings. The third-order valence-corrected chi connectivity index (χ3v) is 5.67. The van der Waals surface area contributed by atoms with Gasteiger partial charge in [0.05, 0.1) is 11.4 Å². The molecule has 2 amide bonds. The fourth-order valence-corrected chi connectivity index (χ4v) is 4.07. The topological polar surface area (TPSA) is 71.1 Å². The van der Waals surface area contributed by atoms with E-state index in [4.69, 9.17) is 4.98 Å². The van der Waals surface area contributed by atoms with Gasteiger partial charge >= 0.3 is 0 Å². The van der Waals surface area contributed by atoms with E-state index < -0.39 is 0 Å². The number of fused-ring (bicyclic) bond motifs is 2. The van der Waals surface area contributed by atoms with E-state index in [1.165, 1.54) is 0 Å². The number of carbonyl (C=O) groups excluding carboxylic acids is 2. The molecule has 5 heteroatoms. The molecule has 0 fully saturated rings. The summed E-state index contributed by atoms with van der Waals surface area (Å²) in [6, 6.07) is 16.0. The molecule has 144 valence electrons. The van der Waals surface area contributed by atoms with Crippen LogP contribution in [0.1, 0.15) is 57.3 Å². The van der Waals surface area contributed by atoms with Crippen LogP contribution in [0.4, 0.5) is 0 Å². The molecular formula is C24H21N3O2. The maximum Gasteiger partial charge on any atom is 0.251 e. The normalized spacial score (nSPS) is 14.6. The molecule has 2 aromatic carbocycles. The van der Waals surface area contributed by atoms with Gasteiger partial charge in [-0.05, 0) is 40.8 Å². The van der Waals surface area contributed by atoms with Crippen molar-refractivity contribution in [2.75, 3.05) is 0 Å². The number of rotatable bonds is 3. The third kappa shape index (κ3) is 2.90. The third-order valence-electron chi connectivity index (χ3n) is 5.67. The lowest BCUT2D eigenvalue weighted by atomic mass is 9.94. The molecule has 2 aliphatic heterocycles. The predicted molar refractivity (Wildman–Crippen MR) is 112 cm³/mol. The number of nitrogens with one attached hydrogen (secondary N) is 2. The average molecular weight is 383 g/mol. The van der Waals surface area contributed by atoms with Crippen molar-refractivity contribution in [3.8, 4) is 22.4 Å². The molecule has 0 radical (unpaired) electrons. The summed E-state index contributed by atoms with van der Waals surface area (Å²) in [6.45, 7) is 5.41. The van der Waals surface area contributed by atoms with Crippen molar-refractivity contribution in [3.63, 3.8) is 0 Å². The number of carbonyl (C=O) groups is 2. The van der Waals surface area contributed by atoms with Crippen molar-refractivity contribution in [3.05, 3.63) is 76.5 Å². The van der Waals surface area contributed by atoms with Crippen LogP contribution in [-0.2, 0) is 13.1 Å². The first kappa shape index (κ1) is 17.6. The van der Waals surface area contributed by atoms with Crippen molar-refractivity contribution < 1.29 is 9.59 Å². The van der Waals surface area contributed by atoms with Gasteiger partial charge < -0.3 is 10.6 Å². The standard InChI is InChI=1S/C24H21N3O2/c1-13(2)22-18(14-3-5-16-11-25-23(28)19(16)9-14)7-8-21(27-22)15-4-6-17-12-26-24(29)20(17)10-15/h3-10,13H,11-12H2,1-2H3,(H,25,28)(H,26,29). The van der Waals surface area contributed by atoms with E-state index in [0.29, 0.717) is 13.1 Å². The Bertz CT molecular complexity index is 1180. The number of hydrogen-bond donors (Lipinski definition) is 2. The van der Waals surface area contributed by atoms with Crippen LogP contribution in [0, 0.1) is 0 Å². The fourth-order valence-electron chi connectivity index (χ4n) is 4.07. The zero-order valence-corrected chi connectivity index (χ0v) is 16.4. The van der Waals surface area contributed by atoms with E-state index in [0.717, 1.165) is 50.3 Å². The average Bonchev–Trinajstić information content (AvgIpc) is 3.30. The highest BCUT2D eigenvalue weighted by molar-refractivity contribution is 6.00. The first-order valence-corrected chi connectivity index (χ1v) is 9.85. The number of nitrogens with zero attached hydrogens (tertiary/aromatic N) is 1. The Morgan fingerprint density at radius 3 is 1.97 bits per heavy atom. The lowest BCUT2D eigenvalue weighted by molar-refractivity contribution is 0.0957. The Hall–Kier alpha value is -3.47. The Kier molecular flexibility index (Phi) is 3.98. The highest BCUT2D eigenvalue weighted by atomic mass is 16.2.